The Morgan fingerprint density at radius 3 is 1.65 bits per heavy atom. The second-order valence-corrected chi connectivity index (χ2v) is 5.91. The van der Waals surface area contributed by atoms with Gasteiger partial charge in [0.05, 0.1) is 13.2 Å². The number of unbranched alkanes of at least 4 members (excludes halogenated alkanes) is 7. The van der Waals surface area contributed by atoms with Crippen molar-refractivity contribution in [2.24, 2.45) is 0 Å². The molecule has 5 heteroatoms. The molecule has 0 atom stereocenters. The molecule has 140 valence electrons. The van der Waals surface area contributed by atoms with Crippen LogP contribution in [0.4, 0.5) is 0 Å². The third-order valence-electron chi connectivity index (χ3n) is 3.65. The first-order chi connectivity index (χ1) is 11.1. The predicted molar refractivity (Wildman–Crippen MR) is 95.8 cm³/mol. The van der Waals surface area contributed by atoms with Gasteiger partial charge in [-0.25, -0.2) is 0 Å². The third kappa shape index (κ3) is 23.7. The standard InChI is InChI=1S/C10H20O2.C8H19NO2/c1-2-3-4-5-6-7-8-9-10(11)12;1-2-3-4-9(5-7-10)6-8-11/h2-9H2,1H3,(H,11,12);10-11H,2-8H2,1H3. The summed E-state index contributed by atoms with van der Waals surface area (Å²) in [7, 11) is 0. The Balaban J connectivity index is 0. The summed E-state index contributed by atoms with van der Waals surface area (Å²) >= 11 is 0. The van der Waals surface area contributed by atoms with Crippen molar-refractivity contribution in [3.8, 4) is 0 Å². The van der Waals surface area contributed by atoms with Crippen molar-refractivity contribution >= 4 is 5.97 Å². The van der Waals surface area contributed by atoms with E-state index in [1.807, 2.05) is 0 Å². The second-order valence-electron chi connectivity index (χ2n) is 5.91. The van der Waals surface area contributed by atoms with Crippen LogP contribution in [0.2, 0.25) is 0 Å². The van der Waals surface area contributed by atoms with Crippen molar-refractivity contribution in [2.75, 3.05) is 32.8 Å². The number of hydrogen-bond donors (Lipinski definition) is 3. The van der Waals surface area contributed by atoms with Crippen LogP contribution in [0.25, 0.3) is 0 Å². The number of carbonyl (C=O) groups is 1. The van der Waals surface area contributed by atoms with Crippen molar-refractivity contribution in [2.45, 2.75) is 78.1 Å². The minimum absolute atomic E-state index is 0.184. The fourth-order valence-electron chi connectivity index (χ4n) is 2.23. The minimum Gasteiger partial charge on any atom is -0.481 e. The number of aliphatic hydroxyl groups excluding tert-OH is 2. The molecule has 0 aromatic heterocycles. The number of aliphatic hydroxyl groups is 2. The van der Waals surface area contributed by atoms with Gasteiger partial charge in [-0.1, -0.05) is 58.8 Å². The summed E-state index contributed by atoms with van der Waals surface area (Å²) in [4.78, 5) is 12.2. The summed E-state index contributed by atoms with van der Waals surface area (Å²) in [6.45, 7) is 7.05. The maximum absolute atomic E-state index is 10.1. The quantitative estimate of drug-likeness (QED) is 0.401. The lowest BCUT2D eigenvalue weighted by Gasteiger charge is -2.19. The van der Waals surface area contributed by atoms with E-state index in [4.69, 9.17) is 15.3 Å². The van der Waals surface area contributed by atoms with Crippen molar-refractivity contribution < 1.29 is 20.1 Å². The largest absolute Gasteiger partial charge is 0.481 e. The van der Waals surface area contributed by atoms with E-state index in [2.05, 4.69) is 18.7 Å². The van der Waals surface area contributed by atoms with Crippen LogP contribution in [0, 0.1) is 0 Å². The highest BCUT2D eigenvalue weighted by atomic mass is 16.4. The number of hydrogen-bond acceptors (Lipinski definition) is 4. The monoisotopic (exact) mass is 333 g/mol. The summed E-state index contributed by atoms with van der Waals surface area (Å²) in [6.07, 6.45) is 10.9. The number of carboxylic acid groups (broad SMARTS) is 1. The average Bonchev–Trinajstić information content (AvgIpc) is 2.52. The van der Waals surface area contributed by atoms with Gasteiger partial charge in [0, 0.05) is 19.5 Å². The van der Waals surface area contributed by atoms with Crippen molar-refractivity contribution in [1.29, 1.82) is 0 Å². The Bertz CT molecular complexity index is 231. The van der Waals surface area contributed by atoms with Gasteiger partial charge in [0.1, 0.15) is 0 Å². The van der Waals surface area contributed by atoms with E-state index >= 15 is 0 Å². The zero-order valence-corrected chi connectivity index (χ0v) is 15.3. The lowest BCUT2D eigenvalue weighted by Crippen LogP contribution is -2.30. The van der Waals surface area contributed by atoms with Crippen LogP contribution in [0.5, 0.6) is 0 Å². The lowest BCUT2D eigenvalue weighted by molar-refractivity contribution is -0.137. The summed E-state index contributed by atoms with van der Waals surface area (Å²) in [6, 6.07) is 0. The zero-order chi connectivity index (χ0) is 17.8. The van der Waals surface area contributed by atoms with Gasteiger partial charge >= 0.3 is 5.97 Å². The van der Waals surface area contributed by atoms with E-state index in [0.29, 0.717) is 19.5 Å². The fourth-order valence-corrected chi connectivity index (χ4v) is 2.23. The van der Waals surface area contributed by atoms with Gasteiger partial charge in [-0.3, -0.25) is 9.69 Å². The fraction of sp³-hybridized carbons (Fsp3) is 0.944. The molecule has 3 N–H and O–H groups in total. The molecule has 0 spiro atoms. The Hall–Kier alpha value is -0.650. The molecule has 0 radical (unpaired) electrons. The van der Waals surface area contributed by atoms with Gasteiger partial charge in [0.2, 0.25) is 0 Å². The van der Waals surface area contributed by atoms with E-state index in [0.717, 1.165) is 32.2 Å². The van der Waals surface area contributed by atoms with E-state index in [1.165, 1.54) is 32.1 Å². The van der Waals surface area contributed by atoms with Crippen molar-refractivity contribution in [1.82, 2.24) is 4.90 Å². The van der Waals surface area contributed by atoms with Crippen LogP contribution in [0.15, 0.2) is 0 Å². The van der Waals surface area contributed by atoms with E-state index in [-0.39, 0.29) is 13.2 Å². The van der Waals surface area contributed by atoms with Gasteiger partial charge in [-0.05, 0) is 19.4 Å². The molecule has 23 heavy (non-hydrogen) atoms. The molecule has 0 rings (SSSR count). The first kappa shape index (κ1) is 24.6. The molecule has 0 saturated heterocycles. The van der Waals surface area contributed by atoms with Crippen molar-refractivity contribution in [3.63, 3.8) is 0 Å². The van der Waals surface area contributed by atoms with E-state index in [1.54, 1.807) is 0 Å². The van der Waals surface area contributed by atoms with Crippen molar-refractivity contribution in [3.05, 3.63) is 0 Å². The molecule has 0 amide bonds. The Morgan fingerprint density at radius 2 is 1.22 bits per heavy atom. The molecule has 0 aliphatic carbocycles. The molecule has 0 fully saturated rings. The number of nitrogens with zero attached hydrogens (tertiary/aromatic N) is 1. The van der Waals surface area contributed by atoms with Gasteiger partial charge < -0.3 is 15.3 Å². The second kappa shape index (κ2) is 21.4. The molecule has 0 aromatic rings. The van der Waals surface area contributed by atoms with Crippen LogP contribution in [-0.2, 0) is 4.79 Å². The highest BCUT2D eigenvalue weighted by molar-refractivity contribution is 5.66. The molecule has 0 unspecified atom stereocenters. The number of aliphatic carboxylic acids is 1. The first-order valence-corrected chi connectivity index (χ1v) is 9.28. The molecule has 0 bridgehead atoms. The van der Waals surface area contributed by atoms with E-state index < -0.39 is 5.97 Å². The summed E-state index contributed by atoms with van der Waals surface area (Å²) in [5.41, 5.74) is 0. The van der Waals surface area contributed by atoms with Gasteiger partial charge in [-0.15, -0.1) is 0 Å². The highest BCUT2D eigenvalue weighted by Crippen LogP contribution is 2.07. The third-order valence-corrected chi connectivity index (χ3v) is 3.65. The predicted octanol–water partition coefficient (Wildman–Crippen LogP) is 3.28. The molecule has 0 heterocycles. The number of carboxylic acids is 1. The SMILES string of the molecule is CCCCCCCCCC(=O)O.CCCCN(CCO)CCO. The van der Waals surface area contributed by atoms with Crippen LogP contribution >= 0.6 is 0 Å². The molecule has 0 saturated carbocycles. The summed E-state index contributed by atoms with van der Waals surface area (Å²) < 4.78 is 0. The molecule has 0 aliphatic rings. The molecular weight excluding hydrogens is 294 g/mol. The van der Waals surface area contributed by atoms with E-state index in [9.17, 15) is 4.79 Å². The zero-order valence-electron chi connectivity index (χ0n) is 15.3. The number of rotatable bonds is 15. The highest BCUT2D eigenvalue weighted by Gasteiger charge is 2.00. The Morgan fingerprint density at radius 1 is 0.739 bits per heavy atom. The van der Waals surface area contributed by atoms with Crippen LogP contribution in [0.3, 0.4) is 0 Å². The Kier molecular flexibility index (Phi) is 22.8. The molecule has 0 aromatic carbocycles. The summed E-state index contributed by atoms with van der Waals surface area (Å²) in [5, 5.41) is 25.6. The molecule has 0 aliphatic heterocycles. The minimum atomic E-state index is -0.663. The van der Waals surface area contributed by atoms with Crippen LogP contribution in [-0.4, -0.2) is 59.0 Å². The van der Waals surface area contributed by atoms with Crippen LogP contribution < -0.4 is 0 Å². The van der Waals surface area contributed by atoms with Gasteiger partial charge in [-0.2, -0.15) is 0 Å². The average molecular weight is 334 g/mol. The molecule has 5 nitrogen and oxygen atoms in total. The maximum atomic E-state index is 10.1. The lowest BCUT2D eigenvalue weighted by atomic mass is 10.1. The van der Waals surface area contributed by atoms with Crippen LogP contribution in [0.1, 0.15) is 78.1 Å². The van der Waals surface area contributed by atoms with Gasteiger partial charge in [0.15, 0.2) is 0 Å². The van der Waals surface area contributed by atoms with Gasteiger partial charge in [0.25, 0.3) is 0 Å². The molecular formula is C18H39NO4. The normalized spacial score (nSPS) is 10.5. The summed E-state index contributed by atoms with van der Waals surface area (Å²) in [5.74, 6) is -0.663. The Labute approximate surface area is 142 Å². The smallest absolute Gasteiger partial charge is 0.303 e. The maximum Gasteiger partial charge on any atom is 0.303 e. The first-order valence-electron chi connectivity index (χ1n) is 9.28. The topological polar surface area (TPSA) is 81.0 Å².